The Morgan fingerprint density at radius 3 is 2.38 bits per heavy atom. The van der Waals surface area contributed by atoms with E-state index in [0.717, 1.165) is 22.2 Å². The number of thiazole rings is 1. The van der Waals surface area contributed by atoms with E-state index in [2.05, 4.69) is 18.0 Å². The summed E-state index contributed by atoms with van der Waals surface area (Å²) in [6.07, 6.45) is 0.898. The maximum atomic E-state index is 13.2. The normalized spacial score (nSPS) is 17.9. The van der Waals surface area contributed by atoms with Crippen LogP contribution < -0.4 is 4.90 Å². The summed E-state index contributed by atoms with van der Waals surface area (Å²) < 4.78 is 0.955. The number of carbonyl (C=O) groups is 2. The van der Waals surface area contributed by atoms with Crippen LogP contribution in [0.4, 0.5) is 5.13 Å². The SMILES string of the molecule is CCc1ccc2nc(N3C(=O)C(=O)/C(=C(/O)c4ccccc4)[C@@H]3c3ccccc3)sc2c1. The number of ketones is 1. The zero-order valence-corrected chi connectivity index (χ0v) is 18.2. The molecule has 0 saturated carbocycles. The van der Waals surface area contributed by atoms with Gasteiger partial charge in [0, 0.05) is 5.56 Å². The van der Waals surface area contributed by atoms with E-state index >= 15 is 0 Å². The van der Waals surface area contributed by atoms with Gasteiger partial charge in [-0.25, -0.2) is 4.98 Å². The molecule has 158 valence electrons. The van der Waals surface area contributed by atoms with Gasteiger partial charge < -0.3 is 5.11 Å². The van der Waals surface area contributed by atoms with E-state index in [4.69, 9.17) is 0 Å². The molecule has 5 rings (SSSR count). The monoisotopic (exact) mass is 440 g/mol. The van der Waals surface area contributed by atoms with Crippen molar-refractivity contribution >= 4 is 44.1 Å². The van der Waals surface area contributed by atoms with Crippen molar-refractivity contribution in [1.82, 2.24) is 4.98 Å². The van der Waals surface area contributed by atoms with Crippen LogP contribution in [-0.4, -0.2) is 21.8 Å². The van der Waals surface area contributed by atoms with Crippen LogP contribution in [-0.2, 0) is 16.0 Å². The molecule has 5 nitrogen and oxygen atoms in total. The zero-order valence-electron chi connectivity index (χ0n) is 17.4. The van der Waals surface area contributed by atoms with E-state index < -0.39 is 17.7 Å². The topological polar surface area (TPSA) is 70.5 Å². The highest BCUT2D eigenvalue weighted by molar-refractivity contribution is 7.22. The van der Waals surface area contributed by atoms with Crippen molar-refractivity contribution in [1.29, 1.82) is 0 Å². The molecular weight excluding hydrogens is 420 g/mol. The van der Waals surface area contributed by atoms with Gasteiger partial charge in [0.2, 0.25) is 0 Å². The third kappa shape index (κ3) is 3.29. The summed E-state index contributed by atoms with van der Waals surface area (Å²) in [6.45, 7) is 2.08. The smallest absolute Gasteiger partial charge is 0.301 e. The van der Waals surface area contributed by atoms with Crippen LogP contribution in [0.5, 0.6) is 0 Å². The van der Waals surface area contributed by atoms with Gasteiger partial charge in [0.25, 0.3) is 5.78 Å². The van der Waals surface area contributed by atoms with E-state index in [-0.39, 0.29) is 11.3 Å². The van der Waals surface area contributed by atoms with Crippen molar-refractivity contribution in [2.24, 2.45) is 0 Å². The fraction of sp³-hybridized carbons (Fsp3) is 0.115. The van der Waals surface area contributed by atoms with Crippen molar-refractivity contribution in [3.05, 3.63) is 101 Å². The van der Waals surface area contributed by atoms with E-state index in [1.165, 1.54) is 21.8 Å². The number of aliphatic hydroxyl groups is 1. The molecule has 1 aromatic heterocycles. The lowest BCUT2D eigenvalue weighted by Gasteiger charge is -2.22. The van der Waals surface area contributed by atoms with Gasteiger partial charge in [-0.3, -0.25) is 14.5 Å². The van der Waals surface area contributed by atoms with Crippen LogP contribution in [0.15, 0.2) is 84.4 Å². The van der Waals surface area contributed by atoms with Crippen LogP contribution in [0.3, 0.4) is 0 Å². The number of rotatable bonds is 4. The van der Waals surface area contributed by atoms with Gasteiger partial charge in [-0.15, -0.1) is 0 Å². The maximum absolute atomic E-state index is 13.2. The Balaban J connectivity index is 1.71. The molecule has 1 aliphatic rings. The number of hydrogen-bond donors (Lipinski definition) is 1. The number of Topliss-reactive ketones (excluding diaryl/α,β-unsaturated/α-hetero) is 1. The third-order valence-electron chi connectivity index (χ3n) is 5.66. The van der Waals surface area contributed by atoms with Crippen molar-refractivity contribution < 1.29 is 14.7 Å². The van der Waals surface area contributed by atoms with Gasteiger partial charge >= 0.3 is 5.91 Å². The third-order valence-corrected chi connectivity index (χ3v) is 6.68. The summed E-state index contributed by atoms with van der Waals surface area (Å²) in [7, 11) is 0. The molecule has 0 spiro atoms. The molecule has 0 radical (unpaired) electrons. The molecular formula is C26H20N2O3S. The summed E-state index contributed by atoms with van der Waals surface area (Å²) in [4.78, 5) is 32.5. The van der Waals surface area contributed by atoms with E-state index in [9.17, 15) is 14.7 Å². The summed E-state index contributed by atoms with van der Waals surface area (Å²) in [5.74, 6) is -1.59. The van der Waals surface area contributed by atoms with Gasteiger partial charge in [0.1, 0.15) is 5.76 Å². The average molecular weight is 441 g/mol. The lowest BCUT2D eigenvalue weighted by atomic mass is 9.95. The molecule has 4 aromatic rings. The number of fused-ring (bicyclic) bond motifs is 1. The first-order chi connectivity index (χ1) is 15.6. The number of aryl methyl sites for hydroxylation is 1. The Kier molecular flexibility index (Phi) is 5.07. The summed E-state index contributed by atoms with van der Waals surface area (Å²) in [6, 6.07) is 23.4. The first-order valence-electron chi connectivity index (χ1n) is 10.4. The van der Waals surface area contributed by atoms with E-state index in [1.54, 1.807) is 24.3 Å². The fourth-order valence-electron chi connectivity index (χ4n) is 4.01. The number of nitrogens with zero attached hydrogens (tertiary/aromatic N) is 2. The Hall–Kier alpha value is -3.77. The molecule has 0 unspecified atom stereocenters. The first kappa shape index (κ1) is 20.2. The quantitative estimate of drug-likeness (QED) is 0.259. The molecule has 6 heteroatoms. The number of carbonyl (C=O) groups excluding carboxylic acids is 2. The number of aliphatic hydroxyl groups excluding tert-OH is 1. The van der Waals surface area contributed by atoms with Gasteiger partial charge in [0.15, 0.2) is 5.13 Å². The van der Waals surface area contributed by atoms with Crippen molar-refractivity contribution in [3.63, 3.8) is 0 Å². The fourth-order valence-corrected chi connectivity index (χ4v) is 5.07. The standard InChI is InChI=1S/C26H20N2O3S/c1-2-16-13-14-19-20(15-16)32-26(27-19)28-22(17-9-5-3-6-10-17)21(24(30)25(28)31)23(29)18-11-7-4-8-12-18/h3-15,22,29H,2H2,1H3/b23-21+/t22-/m0/s1. The predicted molar refractivity (Wildman–Crippen MR) is 127 cm³/mol. The number of amides is 1. The molecule has 2 heterocycles. The molecule has 1 fully saturated rings. The molecule has 1 atom stereocenters. The summed E-state index contributed by atoms with van der Waals surface area (Å²) >= 11 is 1.38. The second-order valence-corrected chi connectivity index (χ2v) is 8.61. The minimum atomic E-state index is -0.761. The first-order valence-corrected chi connectivity index (χ1v) is 11.2. The number of anilines is 1. The Morgan fingerprint density at radius 2 is 1.69 bits per heavy atom. The Labute approximate surface area is 189 Å². The second-order valence-electron chi connectivity index (χ2n) is 7.60. The van der Waals surface area contributed by atoms with E-state index in [1.807, 2.05) is 48.5 Å². The molecule has 1 amide bonds. The molecule has 1 saturated heterocycles. The van der Waals surface area contributed by atoms with Crippen LogP contribution in [0.25, 0.3) is 16.0 Å². The number of aromatic nitrogens is 1. The molecule has 0 aliphatic carbocycles. The average Bonchev–Trinajstić information content (AvgIpc) is 3.37. The van der Waals surface area contributed by atoms with Crippen LogP contribution in [0.2, 0.25) is 0 Å². The largest absolute Gasteiger partial charge is 0.507 e. The highest BCUT2D eigenvalue weighted by atomic mass is 32.1. The van der Waals surface area contributed by atoms with Crippen molar-refractivity contribution in [3.8, 4) is 0 Å². The van der Waals surface area contributed by atoms with Crippen LogP contribution in [0.1, 0.15) is 29.7 Å². The van der Waals surface area contributed by atoms with Gasteiger partial charge in [-0.2, -0.15) is 0 Å². The lowest BCUT2D eigenvalue weighted by molar-refractivity contribution is -0.132. The van der Waals surface area contributed by atoms with E-state index in [0.29, 0.717) is 10.7 Å². The van der Waals surface area contributed by atoms with Crippen molar-refractivity contribution in [2.45, 2.75) is 19.4 Å². The highest BCUT2D eigenvalue weighted by Crippen LogP contribution is 2.44. The Bertz CT molecular complexity index is 1360. The minimum absolute atomic E-state index is 0.0703. The summed E-state index contributed by atoms with van der Waals surface area (Å²) in [5, 5.41) is 11.5. The maximum Gasteiger partial charge on any atom is 0.301 e. The zero-order chi connectivity index (χ0) is 22.2. The van der Waals surface area contributed by atoms with Crippen molar-refractivity contribution in [2.75, 3.05) is 4.90 Å². The predicted octanol–water partition coefficient (Wildman–Crippen LogP) is 5.49. The number of benzene rings is 3. The van der Waals surface area contributed by atoms with Gasteiger partial charge in [-0.1, -0.05) is 85.0 Å². The van der Waals surface area contributed by atoms with Gasteiger partial charge in [0.05, 0.1) is 21.8 Å². The molecule has 0 bridgehead atoms. The summed E-state index contributed by atoms with van der Waals surface area (Å²) in [5.41, 5.74) is 3.25. The van der Waals surface area contributed by atoms with Crippen LogP contribution >= 0.6 is 11.3 Å². The Morgan fingerprint density at radius 1 is 1.00 bits per heavy atom. The van der Waals surface area contributed by atoms with Crippen LogP contribution in [0, 0.1) is 0 Å². The molecule has 32 heavy (non-hydrogen) atoms. The number of hydrogen-bond acceptors (Lipinski definition) is 5. The lowest BCUT2D eigenvalue weighted by Crippen LogP contribution is -2.29. The minimum Gasteiger partial charge on any atom is -0.507 e. The molecule has 1 aliphatic heterocycles. The second kappa shape index (κ2) is 8.05. The highest BCUT2D eigenvalue weighted by Gasteiger charge is 2.48. The molecule has 3 aromatic carbocycles. The van der Waals surface area contributed by atoms with Gasteiger partial charge in [-0.05, 0) is 29.7 Å². The molecule has 1 N–H and O–H groups in total.